The van der Waals surface area contributed by atoms with E-state index in [1.807, 2.05) is 0 Å². The molecule has 1 aliphatic rings. The number of nitrogens with zero attached hydrogens (tertiary/aromatic N) is 2. The van der Waals surface area contributed by atoms with Crippen LogP contribution in [0.4, 0.5) is 15.9 Å². The summed E-state index contributed by atoms with van der Waals surface area (Å²) in [7, 11) is 0. The fourth-order valence-corrected chi connectivity index (χ4v) is 4.32. The topological polar surface area (TPSA) is 161 Å². The van der Waals surface area contributed by atoms with E-state index in [2.05, 4.69) is 27.0 Å². The average Bonchev–Trinajstić information content (AvgIpc) is 3.61. The van der Waals surface area contributed by atoms with Crippen LogP contribution in [-0.2, 0) is 4.79 Å². The highest BCUT2D eigenvalue weighted by Gasteiger charge is 2.28. The molecule has 2 atom stereocenters. The molecule has 5 N–H and O–H groups in total. The number of β-amino-alcohol motifs (C(OH)–C–C–N with tert-alkyl or cyclic N) is 1. The van der Waals surface area contributed by atoms with Crippen molar-refractivity contribution in [3.8, 4) is 34.2 Å². The van der Waals surface area contributed by atoms with Crippen LogP contribution in [0.2, 0.25) is 0 Å². The van der Waals surface area contributed by atoms with Crippen molar-refractivity contribution in [3.05, 3.63) is 84.1 Å². The van der Waals surface area contributed by atoms with Gasteiger partial charge >= 0.3 is 0 Å². The fourth-order valence-electron chi connectivity index (χ4n) is 4.32. The molecule has 2 aromatic carbocycles. The molecular weight excluding hydrogens is 541 g/mol. The molecule has 3 heterocycles. The number of halogens is 2. The van der Waals surface area contributed by atoms with Crippen molar-refractivity contribution in [2.45, 2.75) is 18.6 Å². The van der Waals surface area contributed by atoms with Crippen LogP contribution < -0.4 is 16.0 Å². The Bertz CT molecular complexity index is 1610. The average molecular weight is 564 g/mol. The van der Waals surface area contributed by atoms with E-state index in [0.717, 1.165) is 12.1 Å². The first-order chi connectivity index (χ1) is 18.8. The van der Waals surface area contributed by atoms with Gasteiger partial charge in [-0.2, -0.15) is 5.26 Å². The lowest BCUT2D eigenvalue weighted by atomic mass is 9.97. The molecule has 2 aromatic heterocycles. The minimum Gasteiger partial charge on any atom is -0.507 e. The van der Waals surface area contributed by atoms with Crippen LogP contribution in [0, 0.1) is 17.1 Å². The summed E-state index contributed by atoms with van der Waals surface area (Å²) in [5.41, 5.74) is 1.63. The van der Waals surface area contributed by atoms with Crippen LogP contribution in [-0.4, -0.2) is 45.7 Å². The third-order valence-corrected chi connectivity index (χ3v) is 6.21. The second-order valence-corrected chi connectivity index (χ2v) is 8.90. The largest absolute Gasteiger partial charge is 0.507 e. The Labute approximate surface area is 233 Å². The maximum atomic E-state index is 13.7. The van der Waals surface area contributed by atoms with E-state index in [0.29, 0.717) is 23.4 Å². The van der Waals surface area contributed by atoms with Crippen molar-refractivity contribution in [3.63, 3.8) is 0 Å². The predicted octanol–water partition coefficient (Wildman–Crippen LogP) is 4.06. The van der Waals surface area contributed by atoms with Crippen LogP contribution >= 0.6 is 12.4 Å². The van der Waals surface area contributed by atoms with Crippen LogP contribution in [0.15, 0.2) is 71.3 Å². The molecule has 12 heteroatoms. The number of phenolic OH excluding ortho intramolecular Hbond substituents is 1. The highest BCUT2D eigenvalue weighted by molar-refractivity contribution is 6.03. The van der Waals surface area contributed by atoms with Crippen LogP contribution in [0.5, 0.6) is 5.75 Å². The van der Waals surface area contributed by atoms with E-state index < -0.39 is 23.9 Å². The Morgan fingerprint density at radius 3 is 2.60 bits per heavy atom. The maximum Gasteiger partial charge on any atom is 0.292 e. The van der Waals surface area contributed by atoms with Gasteiger partial charge in [0, 0.05) is 29.4 Å². The summed E-state index contributed by atoms with van der Waals surface area (Å²) in [6.07, 6.45) is 1.02. The summed E-state index contributed by atoms with van der Waals surface area (Å²) in [4.78, 5) is 29.8. The summed E-state index contributed by atoms with van der Waals surface area (Å²) >= 11 is 0. The van der Waals surface area contributed by atoms with Gasteiger partial charge in [0.25, 0.3) is 5.91 Å². The molecule has 4 aromatic rings. The van der Waals surface area contributed by atoms with Gasteiger partial charge in [-0.3, -0.25) is 9.59 Å². The number of amides is 2. The number of anilines is 2. The van der Waals surface area contributed by atoms with Crippen LogP contribution in [0.25, 0.3) is 22.4 Å². The fraction of sp³-hybridized carbons (Fsp3) is 0.143. The predicted molar refractivity (Wildman–Crippen MR) is 146 cm³/mol. The number of furan rings is 1. The number of aliphatic hydroxyl groups excluding tert-OH is 1. The number of pyridine rings is 1. The van der Waals surface area contributed by atoms with Crippen molar-refractivity contribution in [2.75, 3.05) is 17.2 Å². The number of nitriles is 1. The molecule has 0 bridgehead atoms. The van der Waals surface area contributed by atoms with Crippen molar-refractivity contribution in [2.24, 2.45) is 0 Å². The second-order valence-electron chi connectivity index (χ2n) is 8.90. The van der Waals surface area contributed by atoms with Crippen molar-refractivity contribution < 1.29 is 28.6 Å². The first kappa shape index (κ1) is 28.3. The molecule has 1 saturated heterocycles. The van der Waals surface area contributed by atoms with Gasteiger partial charge < -0.3 is 30.6 Å². The minimum absolute atomic E-state index is 0. The number of aromatic nitrogens is 1. The highest BCUT2D eigenvalue weighted by Crippen LogP contribution is 2.36. The van der Waals surface area contributed by atoms with E-state index in [-0.39, 0.29) is 58.9 Å². The third-order valence-electron chi connectivity index (χ3n) is 6.21. The van der Waals surface area contributed by atoms with Gasteiger partial charge in [-0.15, -0.1) is 12.4 Å². The Morgan fingerprint density at radius 1 is 1.10 bits per heavy atom. The number of carbonyl (C=O) groups excluding carboxylic acids is 2. The van der Waals surface area contributed by atoms with Gasteiger partial charge in [-0.05, 0) is 54.4 Å². The zero-order chi connectivity index (χ0) is 27.5. The van der Waals surface area contributed by atoms with Gasteiger partial charge in [0.2, 0.25) is 5.91 Å². The summed E-state index contributed by atoms with van der Waals surface area (Å²) < 4.78 is 18.8. The molecule has 10 nitrogen and oxygen atoms in total. The molecule has 0 aliphatic carbocycles. The summed E-state index contributed by atoms with van der Waals surface area (Å²) in [6.45, 7) is 0.326. The molecule has 40 heavy (non-hydrogen) atoms. The van der Waals surface area contributed by atoms with E-state index in [1.165, 1.54) is 30.5 Å². The summed E-state index contributed by atoms with van der Waals surface area (Å²) in [6, 6.07) is 16.2. The molecule has 1 unspecified atom stereocenters. The van der Waals surface area contributed by atoms with Crippen LogP contribution in [0.3, 0.4) is 0 Å². The van der Waals surface area contributed by atoms with Gasteiger partial charge in [-0.1, -0.05) is 12.1 Å². The number of aromatic hydroxyl groups is 1. The maximum absolute atomic E-state index is 13.7. The van der Waals surface area contributed by atoms with Crippen molar-refractivity contribution in [1.29, 1.82) is 5.26 Å². The number of hydrogen-bond donors (Lipinski definition) is 5. The van der Waals surface area contributed by atoms with E-state index in [9.17, 15) is 29.5 Å². The molecule has 0 spiro atoms. The van der Waals surface area contributed by atoms with E-state index in [1.54, 1.807) is 24.3 Å². The quantitative estimate of drug-likeness (QED) is 0.235. The lowest BCUT2D eigenvalue weighted by Crippen LogP contribution is -2.35. The lowest BCUT2D eigenvalue weighted by molar-refractivity contribution is -0.117. The number of rotatable bonds is 6. The first-order valence-electron chi connectivity index (χ1n) is 11.9. The van der Waals surface area contributed by atoms with Gasteiger partial charge in [0.1, 0.15) is 23.2 Å². The SMILES string of the molecule is Cl.N#Cc1c(-c2cccc(NC(=O)C3C[C@@H](O)CN3)c2)cc(-c2ccc(F)cc2O)nc1NC(=O)c1ccco1. The number of benzene rings is 2. The summed E-state index contributed by atoms with van der Waals surface area (Å²) in [5.74, 6) is -2.11. The van der Waals surface area contributed by atoms with Crippen molar-refractivity contribution in [1.82, 2.24) is 10.3 Å². The Hall–Kier alpha value is -4.76. The smallest absolute Gasteiger partial charge is 0.292 e. The lowest BCUT2D eigenvalue weighted by Gasteiger charge is -2.15. The monoisotopic (exact) mass is 563 g/mol. The Balaban J connectivity index is 0.00000370. The number of aliphatic hydroxyl groups is 1. The minimum atomic E-state index is -0.650. The number of nitrogens with one attached hydrogen (secondary N) is 3. The first-order valence-corrected chi connectivity index (χ1v) is 11.9. The molecule has 204 valence electrons. The molecule has 2 amide bonds. The van der Waals surface area contributed by atoms with E-state index >= 15 is 0 Å². The molecule has 1 fully saturated rings. The molecule has 5 rings (SSSR count). The normalized spacial score (nSPS) is 16.0. The molecule has 1 aliphatic heterocycles. The van der Waals surface area contributed by atoms with Gasteiger partial charge in [0.15, 0.2) is 11.6 Å². The molecular formula is C28H23ClFN5O5. The number of phenols is 1. The number of hydrogen-bond acceptors (Lipinski definition) is 8. The van der Waals surface area contributed by atoms with Crippen molar-refractivity contribution >= 4 is 35.7 Å². The standard InChI is InChI=1S/C28H22FN5O5.ClH/c29-16-6-7-19(24(36)10-16)22-12-20(21(13-30)26(33-22)34-28(38)25-5-2-8-39-25)15-3-1-4-17(9-15)32-27(37)23-11-18(35)14-31-23;/h1-10,12,18,23,31,35-36H,11,14H2,(H,32,37)(H,33,34,38);1H/t18-,23?;/m1./s1. The van der Waals surface area contributed by atoms with Gasteiger partial charge in [-0.25, -0.2) is 9.37 Å². The van der Waals surface area contributed by atoms with Gasteiger partial charge in [0.05, 0.1) is 24.1 Å². The zero-order valence-electron chi connectivity index (χ0n) is 20.7. The molecule has 0 saturated carbocycles. The Morgan fingerprint density at radius 2 is 1.93 bits per heavy atom. The number of carbonyl (C=O) groups is 2. The summed E-state index contributed by atoms with van der Waals surface area (Å²) in [5, 5.41) is 38.5. The Kier molecular flexibility index (Phi) is 8.45. The third kappa shape index (κ3) is 5.94. The zero-order valence-corrected chi connectivity index (χ0v) is 21.5. The molecule has 0 radical (unpaired) electrons. The second kappa shape index (κ2) is 12.0. The highest BCUT2D eigenvalue weighted by atomic mass is 35.5. The van der Waals surface area contributed by atoms with Crippen LogP contribution in [0.1, 0.15) is 22.5 Å². The van der Waals surface area contributed by atoms with E-state index in [4.69, 9.17) is 4.42 Å².